The van der Waals surface area contributed by atoms with Gasteiger partial charge < -0.3 is 0 Å². The fraction of sp³-hybridized carbons (Fsp3) is 0.200. The highest BCUT2D eigenvalue weighted by Gasteiger charge is 2.17. The predicted molar refractivity (Wildman–Crippen MR) is 76.7 cm³/mol. The summed E-state index contributed by atoms with van der Waals surface area (Å²) in [5.41, 5.74) is 7.27. The number of benzene rings is 2. The molecule has 0 atom stereocenters. The summed E-state index contributed by atoms with van der Waals surface area (Å²) in [7, 11) is 0. The third kappa shape index (κ3) is 1.58. The Morgan fingerprint density at radius 3 is 2.75 bits per heavy atom. The summed E-state index contributed by atoms with van der Waals surface area (Å²) in [6, 6.07) is 13.5. The first-order valence-electron chi connectivity index (χ1n) is 5.63. The summed E-state index contributed by atoms with van der Waals surface area (Å²) < 4.78 is 1.40. The van der Waals surface area contributed by atoms with Crippen LogP contribution in [0.4, 0.5) is 0 Å². The molecule has 0 spiro atoms. The van der Waals surface area contributed by atoms with E-state index in [0.29, 0.717) is 0 Å². The van der Waals surface area contributed by atoms with Gasteiger partial charge in [-0.1, -0.05) is 35.9 Å². The first-order chi connectivity index (χ1) is 7.75. The molecule has 1 heteroatoms. The third-order valence-corrected chi connectivity index (χ3v) is 4.33. The Labute approximate surface area is 110 Å². The van der Waals surface area contributed by atoms with Crippen molar-refractivity contribution >= 4 is 22.6 Å². The summed E-state index contributed by atoms with van der Waals surface area (Å²) in [4.78, 5) is 0. The highest BCUT2D eigenvalue weighted by Crippen LogP contribution is 2.35. The summed E-state index contributed by atoms with van der Waals surface area (Å²) in [5.74, 6) is 0. The molecule has 16 heavy (non-hydrogen) atoms. The molecule has 2 aromatic rings. The van der Waals surface area contributed by atoms with Crippen LogP contribution in [-0.2, 0) is 12.8 Å². The number of rotatable bonds is 0. The number of aryl methyl sites for hydroxylation is 2. The maximum atomic E-state index is 2.45. The van der Waals surface area contributed by atoms with E-state index in [4.69, 9.17) is 0 Å². The zero-order valence-electron chi connectivity index (χ0n) is 9.26. The molecule has 0 aromatic heterocycles. The summed E-state index contributed by atoms with van der Waals surface area (Å²) >= 11 is 2.45. The lowest BCUT2D eigenvalue weighted by atomic mass is 9.85. The third-order valence-electron chi connectivity index (χ3n) is 3.32. The molecule has 0 aliphatic heterocycles. The first-order valence-corrected chi connectivity index (χ1v) is 6.71. The molecule has 0 bridgehead atoms. The van der Waals surface area contributed by atoms with E-state index in [1.54, 1.807) is 0 Å². The SMILES string of the molecule is Cc1ccc2c(c1)-c1cccc(I)c1CC2. The second-order valence-electron chi connectivity index (χ2n) is 4.43. The molecule has 0 radical (unpaired) electrons. The second kappa shape index (κ2) is 3.88. The Hall–Kier alpha value is -0.830. The monoisotopic (exact) mass is 320 g/mol. The molecule has 0 nitrogen and oxygen atoms in total. The van der Waals surface area contributed by atoms with Crippen molar-refractivity contribution in [2.75, 3.05) is 0 Å². The molecule has 0 unspecified atom stereocenters. The van der Waals surface area contributed by atoms with Gasteiger partial charge in [0, 0.05) is 3.57 Å². The Balaban J connectivity index is 2.30. The van der Waals surface area contributed by atoms with E-state index in [-0.39, 0.29) is 0 Å². The highest BCUT2D eigenvalue weighted by molar-refractivity contribution is 14.1. The van der Waals surface area contributed by atoms with E-state index in [2.05, 4.69) is 65.9 Å². The topological polar surface area (TPSA) is 0 Å². The maximum Gasteiger partial charge on any atom is 0.0168 e. The Bertz CT molecular complexity index is 555. The molecule has 0 saturated carbocycles. The largest absolute Gasteiger partial charge is 0.0606 e. The fourth-order valence-corrected chi connectivity index (χ4v) is 3.25. The van der Waals surface area contributed by atoms with Crippen molar-refractivity contribution in [3.63, 3.8) is 0 Å². The Morgan fingerprint density at radius 2 is 1.88 bits per heavy atom. The van der Waals surface area contributed by atoms with Gasteiger partial charge in [-0.25, -0.2) is 0 Å². The molecule has 0 amide bonds. The average Bonchev–Trinajstić information content (AvgIpc) is 2.29. The van der Waals surface area contributed by atoms with Crippen LogP contribution < -0.4 is 0 Å². The number of hydrogen-bond donors (Lipinski definition) is 0. The summed E-state index contributed by atoms with van der Waals surface area (Å²) in [6.45, 7) is 2.17. The molecule has 2 aromatic carbocycles. The Morgan fingerprint density at radius 1 is 1.00 bits per heavy atom. The lowest BCUT2D eigenvalue weighted by Crippen LogP contribution is -2.05. The minimum Gasteiger partial charge on any atom is -0.0606 e. The van der Waals surface area contributed by atoms with Crippen LogP contribution >= 0.6 is 22.6 Å². The standard InChI is InChI=1S/C15H13I/c1-10-5-6-11-7-8-13-12(14(11)9-10)3-2-4-15(13)16/h2-6,9H,7-8H2,1H3. The van der Waals surface area contributed by atoms with Gasteiger partial charge in [0.05, 0.1) is 0 Å². The van der Waals surface area contributed by atoms with Gasteiger partial charge >= 0.3 is 0 Å². The predicted octanol–water partition coefficient (Wildman–Crippen LogP) is 4.37. The molecule has 0 heterocycles. The van der Waals surface area contributed by atoms with Gasteiger partial charge in [0.25, 0.3) is 0 Å². The van der Waals surface area contributed by atoms with Crippen molar-refractivity contribution < 1.29 is 0 Å². The van der Waals surface area contributed by atoms with Crippen LogP contribution in [0.15, 0.2) is 36.4 Å². The van der Waals surface area contributed by atoms with E-state index >= 15 is 0 Å². The van der Waals surface area contributed by atoms with Gasteiger partial charge in [-0.3, -0.25) is 0 Å². The van der Waals surface area contributed by atoms with Gasteiger partial charge in [0.15, 0.2) is 0 Å². The molecule has 1 aliphatic carbocycles. The lowest BCUT2D eigenvalue weighted by Gasteiger charge is -2.21. The minimum atomic E-state index is 1.18. The van der Waals surface area contributed by atoms with Crippen LogP contribution in [0, 0.1) is 10.5 Å². The molecular weight excluding hydrogens is 307 g/mol. The molecule has 80 valence electrons. The fourth-order valence-electron chi connectivity index (χ4n) is 2.48. The van der Waals surface area contributed by atoms with E-state index in [9.17, 15) is 0 Å². The number of hydrogen-bond acceptors (Lipinski definition) is 0. The molecule has 0 saturated heterocycles. The first kappa shape index (κ1) is 10.3. The molecule has 0 fully saturated rings. The average molecular weight is 320 g/mol. The zero-order valence-corrected chi connectivity index (χ0v) is 11.4. The molecule has 3 rings (SSSR count). The van der Waals surface area contributed by atoms with Crippen LogP contribution in [-0.4, -0.2) is 0 Å². The van der Waals surface area contributed by atoms with Gasteiger partial charge in [0.2, 0.25) is 0 Å². The van der Waals surface area contributed by atoms with Gasteiger partial charge in [-0.15, -0.1) is 0 Å². The molecular formula is C15H13I. The van der Waals surface area contributed by atoms with Crippen molar-refractivity contribution in [1.82, 2.24) is 0 Å². The number of fused-ring (bicyclic) bond motifs is 3. The smallest absolute Gasteiger partial charge is 0.0168 e. The van der Waals surface area contributed by atoms with Crippen LogP contribution in [0.1, 0.15) is 16.7 Å². The van der Waals surface area contributed by atoms with Crippen molar-refractivity contribution in [2.24, 2.45) is 0 Å². The Kier molecular flexibility index (Phi) is 2.51. The minimum absolute atomic E-state index is 1.18. The molecule has 0 N–H and O–H groups in total. The van der Waals surface area contributed by atoms with Crippen molar-refractivity contribution in [3.8, 4) is 11.1 Å². The van der Waals surface area contributed by atoms with Gasteiger partial charge in [-0.05, 0) is 70.7 Å². The van der Waals surface area contributed by atoms with Crippen LogP contribution in [0.5, 0.6) is 0 Å². The zero-order chi connectivity index (χ0) is 11.1. The van der Waals surface area contributed by atoms with Crippen LogP contribution in [0.25, 0.3) is 11.1 Å². The van der Waals surface area contributed by atoms with Gasteiger partial charge in [-0.2, -0.15) is 0 Å². The van der Waals surface area contributed by atoms with Crippen molar-refractivity contribution in [3.05, 3.63) is 56.7 Å². The van der Waals surface area contributed by atoms with Crippen molar-refractivity contribution in [1.29, 1.82) is 0 Å². The van der Waals surface area contributed by atoms with Gasteiger partial charge in [0.1, 0.15) is 0 Å². The van der Waals surface area contributed by atoms with E-state index in [1.807, 2.05) is 0 Å². The van der Waals surface area contributed by atoms with E-state index in [1.165, 1.54) is 44.2 Å². The molecule has 1 aliphatic rings. The summed E-state index contributed by atoms with van der Waals surface area (Å²) in [6.07, 6.45) is 2.37. The van der Waals surface area contributed by atoms with E-state index < -0.39 is 0 Å². The van der Waals surface area contributed by atoms with Crippen LogP contribution in [0.2, 0.25) is 0 Å². The van der Waals surface area contributed by atoms with E-state index in [0.717, 1.165) is 0 Å². The second-order valence-corrected chi connectivity index (χ2v) is 5.59. The lowest BCUT2D eigenvalue weighted by molar-refractivity contribution is 0.934. The number of halogens is 1. The summed E-state index contributed by atoms with van der Waals surface area (Å²) in [5, 5.41) is 0. The maximum absolute atomic E-state index is 2.45. The van der Waals surface area contributed by atoms with Crippen LogP contribution in [0.3, 0.4) is 0 Å². The normalized spacial score (nSPS) is 13.1. The quantitative estimate of drug-likeness (QED) is 0.633. The highest BCUT2D eigenvalue weighted by atomic mass is 127. The van der Waals surface area contributed by atoms with Crippen molar-refractivity contribution in [2.45, 2.75) is 19.8 Å².